The molecule has 0 spiro atoms. The molecule has 2 heterocycles. The molecule has 132 valence electrons. The fraction of sp³-hybridized carbons (Fsp3) is 0.364. The van der Waals surface area contributed by atoms with Gasteiger partial charge in [0, 0.05) is 31.1 Å². The highest BCUT2D eigenvalue weighted by atomic mass is 16.2. The summed E-state index contributed by atoms with van der Waals surface area (Å²) in [7, 11) is 0. The number of nitrogens with one attached hydrogen (secondary N) is 1. The molecular formula is C22H23N3O. The van der Waals surface area contributed by atoms with Crippen molar-refractivity contribution >= 4 is 5.91 Å². The van der Waals surface area contributed by atoms with E-state index in [1.54, 1.807) is 6.07 Å². The number of hydrogen-bond acceptors (Lipinski definition) is 3. The summed E-state index contributed by atoms with van der Waals surface area (Å²) in [5.74, 6) is 0.458. The number of nitrogens with zero attached hydrogens (tertiary/aromatic N) is 2. The molecule has 4 heteroatoms. The van der Waals surface area contributed by atoms with Crippen molar-refractivity contribution in [3.63, 3.8) is 0 Å². The summed E-state index contributed by atoms with van der Waals surface area (Å²) < 4.78 is 0. The number of nitriles is 1. The summed E-state index contributed by atoms with van der Waals surface area (Å²) in [6.45, 7) is 6.48. The van der Waals surface area contributed by atoms with Gasteiger partial charge in [0.25, 0.3) is 5.91 Å². The minimum atomic E-state index is 0.118. The van der Waals surface area contributed by atoms with Crippen molar-refractivity contribution in [2.24, 2.45) is 0 Å². The Labute approximate surface area is 154 Å². The van der Waals surface area contributed by atoms with Crippen molar-refractivity contribution in [3.8, 4) is 6.07 Å². The number of hydrogen-bond donors (Lipinski definition) is 1. The average molecular weight is 345 g/mol. The number of fused-ring (bicyclic) bond motifs is 3. The predicted octanol–water partition coefficient (Wildman–Crippen LogP) is 3.14. The Morgan fingerprint density at radius 1 is 1.23 bits per heavy atom. The van der Waals surface area contributed by atoms with E-state index in [2.05, 4.69) is 30.4 Å². The molecule has 0 aromatic heterocycles. The maximum absolute atomic E-state index is 13.4. The summed E-state index contributed by atoms with van der Waals surface area (Å²) in [5, 5.41) is 12.6. The van der Waals surface area contributed by atoms with Crippen LogP contribution in [0.4, 0.5) is 0 Å². The minimum absolute atomic E-state index is 0.118. The molecule has 2 atom stereocenters. The summed E-state index contributed by atoms with van der Waals surface area (Å²) in [6, 6.07) is 14.3. The van der Waals surface area contributed by atoms with Crippen LogP contribution in [0.3, 0.4) is 0 Å². The largest absolute Gasteiger partial charge is 0.329 e. The van der Waals surface area contributed by atoms with Crippen LogP contribution in [-0.2, 0) is 13.0 Å². The zero-order chi connectivity index (χ0) is 18.3. The van der Waals surface area contributed by atoms with Gasteiger partial charge in [-0.2, -0.15) is 5.26 Å². The topological polar surface area (TPSA) is 56.1 Å². The summed E-state index contributed by atoms with van der Waals surface area (Å²) in [6.07, 6.45) is 0.984. The van der Waals surface area contributed by atoms with Crippen LogP contribution in [0.1, 0.15) is 51.0 Å². The van der Waals surface area contributed by atoms with E-state index >= 15 is 0 Å². The zero-order valence-corrected chi connectivity index (χ0v) is 15.2. The number of carbonyl (C=O) groups excluding carboxylic acids is 1. The monoisotopic (exact) mass is 345 g/mol. The van der Waals surface area contributed by atoms with Gasteiger partial charge in [0.05, 0.1) is 17.7 Å². The van der Waals surface area contributed by atoms with Gasteiger partial charge in [-0.1, -0.05) is 31.2 Å². The number of aryl methyl sites for hydroxylation is 2. The second-order valence-electron chi connectivity index (χ2n) is 7.31. The lowest BCUT2D eigenvalue weighted by Crippen LogP contribution is -2.48. The van der Waals surface area contributed by atoms with Gasteiger partial charge in [0.2, 0.25) is 0 Å². The second kappa shape index (κ2) is 6.59. The van der Waals surface area contributed by atoms with E-state index in [9.17, 15) is 4.79 Å². The summed E-state index contributed by atoms with van der Waals surface area (Å²) in [4.78, 5) is 15.4. The Morgan fingerprint density at radius 3 is 2.85 bits per heavy atom. The highest BCUT2D eigenvalue weighted by Crippen LogP contribution is 2.38. The molecule has 1 N–H and O–H groups in total. The molecule has 2 aliphatic heterocycles. The quantitative estimate of drug-likeness (QED) is 0.930. The molecule has 0 aliphatic carbocycles. The van der Waals surface area contributed by atoms with Gasteiger partial charge >= 0.3 is 0 Å². The van der Waals surface area contributed by atoms with Gasteiger partial charge in [-0.15, -0.1) is 0 Å². The van der Waals surface area contributed by atoms with Crippen molar-refractivity contribution in [3.05, 3.63) is 69.8 Å². The normalized spacial score (nSPS) is 21.3. The van der Waals surface area contributed by atoms with Gasteiger partial charge in [-0.3, -0.25) is 4.79 Å². The third-order valence-corrected chi connectivity index (χ3v) is 5.70. The molecule has 4 nitrogen and oxygen atoms in total. The molecule has 0 bridgehead atoms. The molecule has 4 rings (SSSR count). The van der Waals surface area contributed by atoms with Crippen molar-refractivity contribution < 1.29 is 4.79 Å². The molecule has 26 heavy (non-hydrogen) atoms. The molecule has 0 radical (unpaired) electrons. The molecule has 2 aliphatic rings. The van der Waals surface area contributed by atoms with E-state index in [4.69, 9.17) is 5.26 Å². The minimum Gasteiger partial charge on any atom is -0.329 e. The van der Waals surface area contributed by atoms with Crippen LogP contribution in [0.5, 0.6) is 0 Å². The number of amides is 1. The van der Waals surface area contributed by atoms with Gasteiger partial charge in [0.15, 0.2) is 0 Å². The van der Waals surface area contributed by atoms with Crippen LogP contribution in [-0.4, -0.2) is 29.9 Å². The Bertz CT molecular complexity index is 912. The fourth-order valence-electron chi connectivity index (χ4n) is 4.41. The first-order chi connectivity index (χ1) is 12.6. The van der Waals surface area contributed by atoms with Crippen LogP contribution in [0, 0.1) is 18.3 Å². The van der Waals surface area contributed by atoms with Crippen molar-refractivity contribution in [2.45, 2.75) is 38.8 Å². The highest BCUT2D eigenvalue weighted by Gasteiger charge is 2.43. The van der Waals surface area contributed by atoms with Crippen LogP contribution in [0.15, 0.2) is 36.4 Å². The van der Waals surface area contributed by atoms with Crippen molar-refractivity contribution in [1.82, 2.24) is 10.2 Å². The molecule has 1 saturated heterocycles. The molecule has 1 fully saturated rings. The fourth-order valence-corrected chi connectivity index (χ4v) is 4.41. The first-order valence-corrected chi connectivity index (χ1v) is 9.26. The van der Waals surface area contributed by atoms with Crippen LogP contribution >= 0.6 is 0 Å². The SMILES string of the molecule is CCc1cc(C)c2c(c1)[C@@H]1CNC[C@H]1N(Cc1cccc(C#N)c1)C2=O. The molecule has 0 saturated carbocycles. The third kappa shape index (κ3) is 2.69. The molecular weight excluding hydrogens is 322 g/mol. The Balaban J connectivity index is 1.75. The van der Waals surface area contributed by atoms with E-state index < -0.39 is 0 Å². The van der Waals surface area contributed by atoms with Crippen molar-refractivity contribution in [2.75, 3.05) is 13.1 Å². The van der Waals surface area contributed by atoms with E-state index in [0.29, 0.717) is 18.0 Å². The van der Waals surface area contributed by atoms with E-state index in [1.807, 2.05) is 30.0 Å². The summed E-state index contributed by atoms with van der Waals surface area (Å²) in [5.41, 5.74) is 6.11. The molecule has 2 aromatic rings. The first-order valence-electron chi connectivity index (χ1n) is 9.26. The van der Waals surface area contributed by atoms with Crippen LogP contribution < -0.4 is 5.32 Å². The molecule has 0 unspecified atom stereocenters. The standard InChI is InChI=1S/C22H23N3O/c1-3-15-7-14(2)21-18(9-15)19-11-24-12-20(19)25(22(21)26)13-17-6-4-5-16(8-17)10-23/h4-9,19-20,24H,3,11-13H2,1-2H3/t19-,20+/m0/s1. The predicted molar refractivity (Wildman–Crippen MR) is 101 cm³/mol. The van der Waals surface area contributed by atoms with Crippen LogP contribution in [0.2, 0.25) is 0 Å². The first kappa shape index (κ1) is 16.8. The van der Waals surface area contributed by atoms with Gasteiger partial charge < -0.3 is 10.2 Å². The van der Waals surface area contributed by atoms with E-state index in [0.717, 1.165) is 36.2 Å². The Morgan fingerprint density at radius 2 is 2.08 bits per heavy atom. The number of carbonyl (C=O) groups is 1. The van der Waals surface area contributed by atoms with Gasteiger partial charge in [0.1, 0.15) is 0 Å². The summed E-state index contributed by atoms with van der Waals surface area (Å²) >= 11 is 0. The van der Waals surface area contributed by atoms with Gasteiger partial charge in [-0.05, 0) is 47.7 Å². The Hall–Kier alpha value is -2.64. The molecule has 1 amide bonds. The third-order valence-electron chi connectivity index (χ3n) is 5.70. The number of rotatable bonds is 3. The number of benzene rings is 2. The van der Waals surface area contributed by atoms with E-state index in [1.165, 1.54) is 11.1 Å². The van der Waals surface area contributed by atoms with Crippen LogP contribution in [0.25, 0.3) is 0 Å². The maximum Gasteiger partial charge on any atom is 0.255 e. The smallest absolute Gasteiger partial charge is 0.255 e. The van der Waals surface area contributed by atoms with E-state index in [-0.39, 0.29) is 11.9 Å². The maximum atomic E-state index is 13.4. The highest BCUT2D eigenvalue weighted by molar-refractivity contribution is 5.99. The molecule has 2 aromatic carbocycles. The lowest BCUT2D eigenvalue weighted by Gasteiger charge is -2.39. The lowest BCUT2D eigenvalue weighted by molar-refractivity contribution is 0.0629. The van der Waals surface area contributed by atoms with Gasteiger partial charge in [-0.25, -0.2) is 0 Å². The Kier molecular flexibility index (Phi) is 4.26. The zero-order valence-electron chi connectivity index (χ0n) is 15.2. The average Bonchev–Trinajstić information content (AvgIpc) is 3.14. The van der Waals surface area contributed by atoms with Crippen molar-refractivity contribution in [1.29, 1.82) is 5.26 Å². The second-order valence-corrected chi connectivity index (χ2v) is 7.31. The lowest BCUT2D eigenvalue weighted by atomic mass is 9.81.